The molecule has 0 aliphatic heterocycles. The van der Waals surface area contributed by atoms with E-state index >= 15 is 0 Å². The molecule has 0 spiro atoms. The lowest BCUT2D eigenvalue weighted by atomic mass is 10.1. The van der Waals surface area contributed by atoms with E-state index in [2.05, 4.69) is 0 Å². The smallest absolute Gasteiger partial charge is 0.242 e. The van der Waals surface area contributed by atoms with Gasteiger partial charge < -0.3 is 4.42 Å². The van der Waals surface area contributed by atoms with E-state index < -0.39 is 10.0 Å². The molecule has 0 bridgehead atoms. The summed E-state index contributed by atoms with van der Waals surface area (Å²) in [6.07, 6.45) is 2.88. The van der Waals surface area contributed by atoms with Crippen LogP contribution in [0.5, 0.6) is 0 Å². The Morgan fingerprint density at radius 3 is 2.50 bits per heavy atom. The fraction of sp³-hybridized carbons (Fsp3) is 0.0952. The maximum Gasteiger partial charge on any atom is 0.242 e. The summed E-state index contributed by atoms with van der Waals surface area (Å²) >= 11 is 6.16. The molecule has 0 N–H and O–H groups in total. The van der Waals surface area contributed by atoms with Gasteiger partial charge in [0.1, 0.15) is 11.5 Å². The van der Waals surface area contributed by atoms with Crippen molar-refractivity contribution in [1.82, 2.24) is 4.31 Å². The molecule has 0 amide bonds. The predicted molar refractivity (Wildman–Crippen MR) is 110 cm³/mol. The number of nitrogens with zero attached hydrogens (tertiary/aromatic N) is 1. The van der Waals surface area contributed by atoms with Crippen molar-refractivity contribution < 1.29 is 17.6 Å². The topological polar surface area (TPSA) is 67.6 Å². The molecule has 144 valence electrons. The van der Waals surface area contributed by atoms with E-state index in [4.69, 9.17) is 16.0 Å². The average Bonchev–Trinajstić information content (AvgIpc) is 3.15. The van der Waals surface area contributed by atoms with Crippen LogP contribution in [0.4, 0.5) is 0 Å². The predicted octanol–water partition coefficient (Wildman–Crippen LogP) is 4.75. The molecule has 0 atom stereocenters. The maximum absolute atomic E-state index is 12.4. The first-order chi connectivity index (χ1) is 13.3. The minimum atomic E-state index is -3.61. The quantitative estimate of drug-likeness (QED) is 0.430. The highest BCUT2D eigenvalue weighted by atomic mass is 35.5. The van der Waals surface area contributed by atoms with Crippen molar-refractivity contribution in [2.24, 2.45) is 0 Å². The second kappa shape index (κ2) is 8.14. The van der Waals surface area contributed by atoms with Gasteiger partial charge in [-0.2, -0.15) is 0 Å². The van der Waals surface area contributed by atoms with Gasteiger partial charge in [-0.3, -0.25) is 4.79 Å². The Kier molecular flexibility index (Phi) is 5.84. The summed E-state index contributed by atoms with van der Waals surface area (Å²) < 4.78 is 31.3. The van der Waals surface area contributed by atoms with Crippen molar-refractivity contribution in [3.8, 4) is 11.3 Å². The second-order valence-electron chi connectivity index (χ2n) is 6.19. The Labute approximate surface area is 168 Å². The second-order valence-corrected chi connectivity index (χ2v) is 8.75. The molecule has 1 aromatic heterocycles. The Hall–Kier alpha value is -2.67. The third kappa shape index (κ3) is 4.25. The van der Waals surface area contributed by atoms with Gasteiger partial charge >= 0.3 is 0 Å². The first-order valence-electron chi connectivity index (χ1n) is 8.39. The zero-order chi connectivity index (χ0) is 20.3. The normalized spacial score (nSPS) is 12.0. The number of furan rings is 1. The molecule has 0 saturated heterocycles. The largest absolute Gasteiger partial charge is 0.457 e. The summed E-state index contributed by atoms with van der Waals surface area (Å²) in [6.45, 7) is 0. The molecule has 0 fully saturated rings. The number of halogens is 1. The Morgan fingerprint density at radius 2 is 1.79 bits per heavy atom. The number of sulfonamides is 1. The van der Waals surface area contributed by atoms with Crippen LogP contribution in [0, 0.1) is 0 Å². The zero-order valence-electron chi connectivity index (χ0n) is 15.3. The fourth-order valence-corrected chi connectivity index (χ4v) is 3.70. The molecular formula is C21H18ClNO4S. The van der Waals surface area contributed by atoms with Crippen molar-refractivity contribution in [3.63, 3.8) is 0 Å². The molecule has 3 rings (SSSR count). The molecule has 7 heteroatoms. The van der Waals surface area contributed by atoms with Crippen LogP contribution in [0.25, 0.3) is 17.4 Å². The summed E-state index contributed by atoms with van der Waals surface area (Å²) in [5, 5.41) is 0.572. The van der Waals surface area contributed by atoms with E-state index in [1.54, 1.807) is 30.3 Å². The fourth-order valence-electron chi connectivity index (χ4n) is 2.52. The molecule has 0 radical (unpaired) electrons. The van der Waals surface area contributed by atoms with Crippen LogP contribution in [0.3, 0.4) is 0 Å². The van der Waals surface area contributed by atoms with Crippen LogP contribution in [0.1, 0.15) is 16.1 Å². The number of hydrogen-bond acceptors (Lipinski definition) is 4. The first-order valence-corrected chi connectivity index (χ1v) is 10.2. The standard InChI is InChI=1S/C21H18ClNO4S/c1-23(2)28(25,26)17-7-5-6-15(14-17)20(24)12-10-16-11-13-21(27-16)18-8-3-4-9-19(18)22/h3-14H,1-2H3. The molecule has 28 heavy (non-hydrogen) atoms. The number of benzene rings is 2. The summed E-state index contributed by atoms with van der Waals surface area (Å²) in [5.41, 5.74) is 1.04. The van der Waals surface area contributed by atoms with Gasteiger partial charge in [0.25, 0.3) is 0 Å². The third-order valence-corrected chi connectivity index (χ3v) is 6.20. The number of hydrogen-bond donors (Lipinski definition) is 0. The van der Waals surface area contributed by atoms with Gasteiger partial charge in [0, 0.05) is 25.2 Å². The molecule has 1 heterocycles. The number of carbonyl (C=O) groups excluding carboxylic acids is 1. The molecule has 2 aromatic carbocycles. The summed E-state index contributed by atoms with van der Waals surface area (Å²) in [6, 6.07) is 16.7. The molecule has 5 nitrogen and oxygen atoms in total. The highest BCUT2D eigenvalue weighted by molar-refractivity contribution is 7.89. The molecule has 0 aliphatic rings. The zero-order valence-corrected chi connectivity index (χ0v) is 16.9. The number of rotatable bonds is 6. The summed E-state index contributed by atoms with van der Waals surface area (Å²) in [5.74, 6) is 0.753. The SMILES string of the molecule is CN(C)S(=O)(=O)c1cccc(C(=O)C=Cc2ccc(-c3ccccc3Cl)o2)c1. The molecule has 3 aromatic rings. The Morgan fingerprint density at radius 1 is 1.04 bits per heavy atom. The van der Waals surface area contributed by atoms with E-state index in [0.717, 1.165) is 9.87 Å². The average molecular weight is 416 g/mol. The van der Waals surface area contributed by atoms with Crippen LogP contribution in [0.2, 0.25) is 5.02 Å². The van der Waals surface area contributed by atoms with Gasteiger partial charge in [0.05, 0.1) is 9.92 Å². The van der Waals surface area contributed by atoms with E-state index in [1.165, 1.54) is 38.4 Å². The van der Waals surface area contributed by atoms with Gasteiger partial charge in [-0.05, 0) is 48.6 Å². The van der Waals surface area contributed by atoms with Crippen LogP contribution in [0.15, 0.2) is 76.1 Å². The number of ketones is 1. The Balaban J connectivity index is 1.81. The van der Waals surface area contributed by atoms with Crippen molar-refractivity contribution in [3.05, 3.63) is 83.1 Å². The van der Waals surface area contributed by atoms with Crippen molar-refractivity contribution in [1.29, 1.82) is 0 Å². The van der Waals surface area contributed by atoms with Gasteiger partial charge in [0.2, 0.25) is 10.0 Å². The van der Waals surface area contributed by atoms with Gasteiger partial charge in [-0.25, -0.2) is 12.7 Å². The van der Waals surface area contributed by atoms with Crippen LogP contribution in [-0.2, 0) is 10.0 Å². The van der Waals surface area contributed by atoms with Crippen LogP contribution in [-0.4, -0.2) is 32.6 Å². The van der Waals surface area contributed by atoms with E-state index in [0.29, 0.717) is 16.5 Å². The number of carbonyl (C=O) groups is 1. The van der Waals surface area contributed by atoms with Crippen LogP contribution < -0.4 is 0 Å². The molecule has 0 unspecified atom stereocenters. The maximum atomic E-state index is 12.4. The van der Waals surface area contributed by atoms with Crippen LogP contribution >= 0.6 is 11.6 Å². The minimum absolute atomic E-state index is 0.0655. The summed E-state index contributed by atoms with van der Waals surface area (Å²) in [7, 11) is -0.722. The summed E-state index contributed by atoms with van der Waals surface area (Å²) in [4.78, 5) is 12.5. The van der Waals surface area contributed by atoms with E-state index in [1.807, 2.05) is 18.2 Å². The minimum Gasteiger partial charge on any atom is -0.457 e. The van der Waals surface area contributed by atoms with E-state index in [9.17, 15) is 13.2 Å². The van der Waals surface area contributed by atoms with Gasteiger partial charge in [0.15, 0.2) is 5.78 Å². The Bertz CT molecular complexity index is 1150. The third-order valence-electron chi connectivity index (χ3n) is 4.06. The van der Waals surface area contributed by atoms with Crippen molar-refractivity contribution in [2.75, 3.05) is 14.1 Å². The van der Waals surface area contributed by atoms with E-state index in [-0.39, 0.29) is 16.2 Å². The molecule has 0 saturated carbocycles. The highest BCUT2D eigenvalue weighted by Crippen LogP contribution is 2.29. The van der Waals surface area contributed by atoms with Crippen molar-refractivity contribution in [2.45, 2.75) is 4.90 Å². The molecular weight excluding hydrogens is 398 g/mol. The monoisotopic (exact) mass is 415 g/mol. The first kappa shape index (κ1) is 20.1. The lowest BCUT2D eigenvalue weighted by Gasteiger charge is -2.11. The van der Waals surface area contributed by atoms with Crippen molar-refractivity contribution >= 4 is 33.5 Å². The van der Waals surface area contributed by atoms with Gasteiger partial charge in [-0.15, -0.1) is 0 Å². The molecule has 0 aliphatic carbocycles. The highest BCUT2D eigenvalue weighted by Gasteiger charge is 2.18. The number of allylic oxidation sites excluding steroid dienone is 1. The lowest BCUT2D eigenvalue weighted by molar-refractivity contribution is 0.104. The lowest BCUT2D eigenvalue weighted by Crippen LogP contribution is -2.22. The van der Waals surface area contributed by atoms with Gasteiger partial charge in [-0.1, -0.05) is 35.9 Å².